The van der Waals surface area contributed by atoms with E-state index in [0.29, 0.717) is 0 Å². The molecule has 82 heavy (non-hydrogen) atoms. The maximum absolute atomic E-state index is 6.94. The summed E-state index contributed by atoms with van der Waals surface area (Å²) in [6.45, 7) is 0. The molecule has 15 aromatic carbocycles. The minimum Gasteiger partial charge on any atom is -0.456 e. The quantitative estimate of drug-likeness (QED) is 0.142. The Kier molecular flexibility index (Phi) is 10.3. The van der Waals surface area contributed by atoms with Crippen LogP contribution in [0.25, 0.3) is 131 Å². The average molecular weight is 1050 g/mol. The third-order valence-electron chi connectivity index (χ3n) is 17.0. The first kappa shape index (κ1) is 46.0. The van der Waals surface area contributed by atoms with Crippen LogP contribution in [0.5, 0.6) is 0 Å². The predicted molar refractivity (Wildman–Crippen MR) is 346 cm³/mol. The molecular formula is C78H48N2O2. The van der Waals surface area contributed by atoms with Gasteiger partial charge in [0.15, 0.2) is 0 Å². The minimum absolute atomic E-state index is 0.848. The van der Waals surface area contributed by atoms with Gasteiger partial charge in [-0.2, -0.15) is 0 Å². The van der Waals surface area contributed by atoms with Crippen LogP contribution in [0.3, 0.4) is 0 Å². The third-order valence-corrected chi connectivity index (χ3v) is 17.0. The molecule has 0 aliphatic carbocycles. The summed E-state index contributed by atoms with van der Waals surface area (Å²) in [6.07, 6.45) is 0. The number of anilines is 6. The van der Waals surface area contributed by atoms with Crippen molar-refractivity contribution in [1.82, 2.24) is 0 Å². The Balaban J connectivity index is 0.861. The Hall–Kier alpha value is -10.9. The van der Waals surface area contributed by atoms with Crippen molar-refractivity contribution in [2.45, 2.75) is 0 Å². The smallest absolute Gasteiger partial charge is 0.138 e. The van der Waals surface area contributed by atoms with Gasteiger partial charge in [-0.05, 0) is 137 Å². The fourth-order valence-corrected chi connectivity index (χ4v) is 13.2. The van der Waals surface area contributed by atoms with E-state index >= 15 is 0 Å². The molecule has 17 aromatic rings. The van der Waals surface area contributed by atoms with Crippen LogP contribution in [0, 0.1) is 0 Å². The second kappa shape index (κ2) is 18.3. The summed E-state index contributed by atoms with van der Waals surface area (Å²) in [5.74, 6) is 0. The first-order valence-electron chi connectivity index (χ1n) is 28.1. The molecular weight excluding hydrogens is 997 g/mol. The Labute approximate surface area is 472 Å². The van der Waals surface area contributed by atoms with E-state index in [1.165, 1.54) is 37.9 Å². The molecule has 0 fully saturated rings. The summed E-state index contributed by atoms with van der Waals surface area (Å²) in [4.78, 5) is 4.83. The monoisotopic (exact) mass is 1040 g/mol. The molecule has 0 aliphatic rings. The van der Waals surface area contributed by atoms with Gasteiger partial charge in [0, 0.05) is 66.9 Å². The summed E-state index contributed by atoms with van der Waals surface area (Å²) >= 11 is 0. The van der Waals surface area contributed by atoms with Gasteiger partial charge in [0.05, 0.1) is 17.1 Å². The van der Waals surface area contributed by atoms with E-state index in [1.54, 1.807) is 0 Å². The van der Waals surface area contributed by atoms with Crippen molar-refractivity contribution in [2.24, 2.45) is 0 Å². The molecule has 0 N–H and O–H groups in total. The van der Waals surface area contributed by atoms with Crippen LogP contribution >= 0.6 is 0 Å². The zero-order valence-electron chi connectivity index (χ0n) is 44.4. The molecule has 0 aliphatic heterocycles. The first-order valence-corrected chi connectivity index (χ1v) is 28.1. The van der Waals surface area contributed by atoms with Crippen molar-refractivity contribution in [3.05, 3.63) is 291 Å². The van der Waals surface area contributed by atoms with Crippen molar-refractivity contribution in [3.8, 4) is 22.3 Å². The number of nitrogens with zero attached hydrogens (tertiary/aromatic N) is 2. The molecule has 4 nitrogen and oxygen atoms in total. The molecule has 2 heterocycles. The lowest BCUT2D eigenvalue weighted by atomic mass is 9.93. The van der Waals surface area contributed by atoms with Crippen LogP contribution in [-0.2, 0) is 0 Å². The molecule has 0 radical (unpaired) electrons. The fraction of sp³-hybridized carbons (Fsp3) is 0. The maximum atomic E-state index is 6.94. The van der Waals surface area contributed by atoms with Crippen molar-refractivity contribution in [3.63, 3.8) is 0 Å². The van der Waals surface area contributed by atoms with Crippen LogP contribution in [0.15, 0.2) is 300 Å². The predicted octanol–water partition coefficient (Wildman–Crippen LogP) is 22.7. The second-order valence-electron chi connectivity index (χ2n) is 21.5. The average Bonchev–Trinajstić information content (AvgIpc) is 2.63. The van der Waals surface area contributed by atoms with Gasteiger partial charge >= 0.3 is 0 Å². The van der Waals surface area contributed by atoms with E-state index in [0.717, 1.165) is 127 Å². The normalized spacial score (nSPS) is 11.9. The van der Waals surface area contributed by atoms with Gasteiger partial charge in [-0.3, -0.25) is 0 Å². The van der Waals surface area contributed by atoms with E-state index in [-0.39, 0.29) is 0 Å². The molecule has 2 aromatic heterocycles. The fourth-order valence-electron chi connectivity index (χ4n) is 13.2. The van der Waals surface area contributed by atoms with Crippen molar-refractivity contribution < 1.29 is 8.83 Å². The van der Waals surface area contributed by atoms with Crippen LogP contribution in [0.2, 0.25) is 0 Å². The van der Waals surface area contributed by atoms with E-state index in [2.05, 4.69) is 301 Å². The van der Waals surface area contributed by atoms with Crippen LogP contribution in [-0.4, -0.2) is 0 Å². The van der Waals surface area contributed by atoms with E-state index in [9.17, 15) is 0 Å². The molecule has 0 atom stereocenters. The van der Waals surface area contributed by atoms with Crippen LogP contribution in [0.4, 0.5) is 34.1 Å². The van der Waals surface area contributed by atoms with Crippen LogP contribution in [0.1, 0.15) is 0 Å². The summed E-state index contributed by atoms with van der Waals surface area (Å²) < 4.78 is 13.8. The zero-order chi connectivity index (χ0) is 53.8. The molecule has 0 unspecified atom stereocenters. The van der Waals surface area contributed by atoms with Gasteiger partial charge in [-0.1, -0.05) is 212 Å². The highest BCUT2D eigenvalue weighted by Crippen LogP contribution is 2.51. The molecule has 382 valence electrons. The highest BCUT2D eigenvalue weighted by atomic mass is 16.3. The van der Waals surface area contributed by atoms with Gasteiger partial charge in [0.25, 0.3) is 0 Å². The molecule has 0 saturated heterocycles. The summed E-state index contributed by atoms with van der Waals surface area (Å²) in [6, 6.07) is 106. The highest BCUT2D eigenvalue weighted by Gasteiger charge is 2.26. The van der Waals surface area contributed by atoms with Gasteiger partial charge < -0.3 is 18.6 Å². The van der Waals surface area contributed by atoms with Gasteiger partial charge in [0.1, 0.15) is 22.3 Å². The Morgan fingerprint density at radius 1 is 0.207 bits per heavy atom. The lowest BCUT2D eigenvalue weighted by molar-refractivity contribution is 0.669. The molecule has 0 spiro atoms. The number of hydrogen-bond donors (Lipinski definition) is 0. The first-order chi connectivity index (χ1) is 40.7. The van der Waals surface area contributed by atoms with Crippen molar-refractivity contribution in [1.29, 1.82) is 0 Å². The molecule has 0 saturated carbocycles. The number of furan rings is 2. The number of para-hydroxylation sites is 1. The molecule has 17 rings (SSSR count). The SMILES string of the molecule is c1ccc(-c2ccc(N(c3ccc(-c4ccc(N(c5ccccc5)c5cc6oc7ccc8ccccc8c7c6c6ccccc56)cc4)c4cc5ccccc5cc34)c3cc4oc5ccc6ccccc6c5c4c4ccccc34)cc2)cc1. The van der Waals surface area contributed by atoms with Gasteiger partial charge in [-0.25, -0.2) is 0 Å². The van der Waals surface area contributed by atoms with E-state index in [4.69, 9.17) is 8.83 Å². The van der Waals surface area contributed by atoms with Gasteiger partial charge in [-0.15, -0.1) is 0 Å². The maximum Gasteiger partial charge on any atom is 0.138 e. The Morgan fingerprint density at radius 2 is 0.610 bits per heavy atom. The zero-order valence-corrected chi connectivity index (χ0v) is 44.4. The van der Waals surface area contributed by atoms with E-state index in [1.807, 2.05) is 0 Å². The topological polar surface area (TPSA) is 32.8 Å². The summed E-state index contributed by atoms with van der Waals surface area (Å²) in [5.41, 5.74) is 14.4. The van der Waals surface area contributed by atoms with Crippen molar-refractivity contribution in [2.75, 3.05) is 9.80 Å². The number of fused-ring (bicyclic) bond motifs is 16. The van der Waals surface area contributed by atoms with Gasteiger partial charge in [0.2, 0.25) is 0 Å². The van der Waals surface area contributed by atoms with Crippen LogP contribution < -0.4 is 9.80 Å². The molecule has 0 bridgehead atoms. The summed E-state index contributed by atoms with van der Waals surface area (Å²) in [5, 5.41) is 18.5. The number of benzene rings is 15. The number of rotatable bonds is 8. The highest BCUT2D eigenvalue weighted by molar-refractivity contribution is 6.30. The molecule has 0 amide bonds. The largest absolute Gasteiger partial charge is 0.456 e. The summed E-state index contributed by atoms with van der Waals surface area (Å²) in [7, 11) is 0. The minimum atomic E-state index is 0.848. The lowest BCUT2D eigenvalue weighted by Crippen LogP contribution is -2.11. The molecule has 4 heteroatoms. The third kappa shape index (κ3) is 7.18. The van der Waals surface area contributed by atoms with E-state index < -0.39 is 0 Å². The lowest BCUT2D eigenvalue weighted by Gasteiger charge is -2.29. The van der Waals surface area contributed by atoms with Crippen molar-refractivity contribution >= 4 is 143 Å². The Morgan fingerprint density at radius 3 is 1.17 bits per heavy atom. The Bertz CT molecular complexity index is 5390. The number of hydrogen-bond acceptors (Lipinski definition) is 4. The standard InChI is InChI=1S/C78H48N2O2/c1-3-17-49(18-4-1)50-31-37-58(38-32-50)80(70-48-74-78(65-30-16-14-28-63(65)70)76-61-26-12-10-20-52(61)36-44-72(76)82-74)68-42-41-59(66-45-54-21-7-8-22-55(54)46-67(66)68)53-33-39-57(40-34-53)79(56-23-5-2-6-24-56)69-47-73-77(64-29-15-13-27-62(64)69)75-60-25-11-9-19-51(60)35-43-71(75)81-73/h1-48H. The second-order valence-corrected chi connectivity index (χ2v) is 21.5.